The number of hydrogen-bond donors (Lipinski definition) is 2. The number of halogens is 1. The van der Waals surface area contributed by atoms with Gasteiger partial charge in [-0.05, 0) is 37.5 Å². The molecular formula is C13H19ClN2. The predicted octanol–water partition coefficient (Wildman–Crippen LogP) is 2.57. The van der Waals surface area contributed by atoms with Gasteiger partial charge in [0.1, 0.15) is 0 Å². The fourth-order valence-corrected chi connectivity index (χ4v) is 1.85. The lowest BCUT2D eigenvalue weighted by atomic mass is 10.2. The van der Waals surface area contributed by atoms with Gasteiger partial charge in [-0.1, -0.05) is 23.7 Å². The van der Waals surface area contributed by atoms with Crippen LogP contribution in [0, 0.1) is 0 Å². The summed E-state index contributed by atoms with van der Waals surface area (Å²) in [5.41, 5.74) is 1.24. The molecule has 3 heteroatoms. The second-order valence-electron chi connectivity index (χ2n) is 4.59. The highest BCUT2D eigenvalue weighted by Crippen LogP contribution is 2.18. The zero-order chi connectivity index (χ0) is 11.4. The zero-order valence-corrected chi connectivity index (χ0v) is 10.4. The van der Waals surface area contributed by atoms with E-state index in [1.807, 2.05) is 18.2 Å². The molecule has 1 aliphatic rings. The number of benzene rings is 1. The van der Waals surface area contributed by atoms with Gasteiger partial charge < -0.3 is 10.6 Å². The van der Waals surface area contributed by atoms with E-state index in [0.29, 0.717) is 6.04 Å². The smallest absolute Gasteiger partial charge is 0.0409 e. The van der Waals surface area contributed by atoms with Gasteiger partial charge in [-0.2, -0.15) is 0 Å². The summed E-state index contributed by atoms with van der Waals surface area (Å²) >= 11 is 5.93. The third kappa shape index (κ3) is 4.12. The van der Waals surface area contributed by atoms with Crippen molar-refractivity contribution in [3.05, 3.63) is 34.9 Å². The molecule has 0 spiro atoms. The van der Waals surface area contributed by atoms with Crippen molar-refractivity contribution in [2.75, 3.05) is 6.54 Å². The largest absolute Gasteiger partial charge is 0.312 e. The minimum atomic E-state index is 0.500. The molecule has 1 atom stereocenters. The van der Waals surface area contributed by atoms with Crippen LogP contribution in [0.3, 0.4) is 0 Å². The minimum absolute atomic E-state index is 0.500. The summed E-state index contributed by atoms with van der Waals surface area (Å²) in [6.45, 7) is 4.14. The average molecular weight is 239 g/mol. The summed E-state index contributed by atoms with van der Waals surface area (Å²) in [5.74, 6) is 0. The Balaban J connectivity index is 1.69. The molecule has 0 radical (unpaired) electrons. The lowest BCUT2D eigenvalue weighted by molar-refractivity contribution is 0.500. The quantitative estimate of drug-likeness (QED) is 0.796. The number of nitrogens with one attached hydrogen (secondary N) is 2. The summed E-state index contributed by atoms with van der Waals surface area (Å²) in [4.78, 5) is 0. The molecule has 1 saturated carbocycles. The third-order valence-electron chi connectivity index (χ3n) is 2.83. The fourth-order valence-electron chi connectivity index (χ4n) is 1.64. The van der Waals surface area contributed by atoms with Gasteiger partial charge in [0.05, 0.1) is 0 Å². The maximum atomic E-state index is 5.93. The molecule has 0 saturated heterocycles. The predicted molar refractivity (Wildman–Crippen MR) is 68.8 cm³/mol. The summed E-state index contributed by atoms with van der Waals surface area (Å²) in [6.07, 6.45) is 2.70. The minimum Gasteiger partial charge on any atom is -0.312 e. The van der Waals surface area contributed by atoms with E-state index in [2.05, 4.69) is 23.6 Å². The maximum absolute atomic E-state index is 5.93. The Morgan fingerprint density at radius 1 is 1.44 bits per heavy atom. The van der Waals surface area contributed by atoms with Crippen LogP contribution in [-0.4, -0.2) is 18.6 Å². The van der Waals surface area contributed by atoms with Crippen molar-refractivity contribution in [3.8, 4) is 0 Å². The second-order valence-corrected chi connectivity index (χ2v) is 5.03. The highest BCUT2D eigenvalue weighted by atomic mass is 35.5. The molecule has 0 aliphatic heterocycles. The van der Waals surface area contributed by atoms with Gasteiger partial charge in [0.2, 0.25) is 0 Å². The Hall–Kier alpha value is -0.570. The molecule has 1 aromatic rings. The van der Waals surface area contributed by atoms with E-state index < -0.39 is 0 Å². The third-order valence-corrected chi connectivity index (χ3v) is 3.07. The van der Waals surface area contributed by atoms with E-state index >= 15 is 0 Å². The fraction of sp³-hybridized carbons (Fsp3) is 0.538. The molecule has 0 aromatic heterocycles. The van der Waals surface area contributed by atoms with E-state index in [9.17, 15) is 0 Å². The van der Waals surface area contributed by atoms with E-state index in [0.717, 1.165) is 24.2 Å². The molecule has 1 unspecified atom stereocenters. The normalized spacial score (nSPS) is 17.4. The van der Waals surface area contributed by atoms with Crippen LogP contribution in [0.4, 0.5) is 0 Å². The van der Waals surface area contributed by atoms with Crippen molar-refractivity contribution < 1.29 is 0 Å². The van der Waals surface area contributed by atoms with E-state index in [1.165, 1.54) is 18.4 Å². The standard InChI is InChI=1S/C13H19ClN2/c1-10(8-16-13-5-6-13)15-9-11-3-2-4-12(14)7-11/h2-4,7,10,13,15-16H,5-6,8-9H2,1H3. The molecule has 1 aromatic carbocycles. The number of hydrogen-bond acceptors (Lipinski definition) is 2. The van der Waals surface area contributed by atoms with Crippen LogP contribution in [0.2, 0.25) is 5.02 Å². The average Bonchev–Trinajstić information content (AvgIpc) is 3.07. The summed E-state index contributed by atoms with van der Waals surface area (Å²) < 4.78 is 0. The summed E-state index contributed by atoms with van der Waals surface area (Å²) in [6, 6.07) is 9.29. The van der Waals surface area contributed by atoms with Gasteiger partial charge in [-0.3, -0.25) is 0 Å². The molecular weight excluding hydrogens is 220 g/mol. The first-order valence-corrected chi connectivity index (χ1v) is 6.33. The Kier molecular flexibility index (Phi) is 4.22. The Bertz CT molecular complexity index is 336. The van der Waals surface area contributed by atoms with Gasteiger partial charge in [-0.15, -0.1) is 0 Å². The van der Waals surface area contributed by atoms with E-state index in [-0.39, 0.29) is 0 Å². The summed E-state index contributed by atoms with van der Waals surface area (Å²) in [7, 11) is 0. The van der Waals surface area contributed by atoms with Crippen LogP contribution in [0.15, 0.2) is 24.3 Å². The molecule has 0 amide bonds. The SMILES string of the molecule is CC(CNC1CC1)NCc1cccc(Cl)c1. The molecule has 0 heterocycles. The molecule has 2 rings (SSSR count). The van der Waals surface area contributed by atoms with Gasteiger partial charge >= 0.3 is 0 Å². The highest BCUT2D eigenvalue weighted by molar-refractivity contribution is 6.30. The molecule has 88 valence electrons. The van der Waals surface area contributed by atoms with Gasteiger partial charge in [0.15, 0.2) is 0 Å². The summed E-state index contributed by atoms with van der Waals surface area (Å²) in [5, 5.41) is 7.81. The van der Waals surface area contributed by atoms with E-state index in [1.54, 1.807) is 0 Å². The van der Waals surface area contributed by atoms with Gasteiger partial charge in [0.25, 0.3) is 0 Å². The van der Waals surface area contributed by atoms with Crippen molar-refractivity contribution in [1.82, 2.24) is 10.6 Å². The Morgan fingerprint density at radius 2 is 2.25 bits per heavy atom. The maximum Gasteiger partial charge on any atom is 0.0409 e. The van der Waals surface area contributed by atoms with Crippen LogP contribution in [0.25, 0.3) is 0 Å². The van der Waals surface area contributed by atoms with Crippen molar-refractivity contribution in [3.63, 3.8) is 0 Å². The van der Waals surface area contributed by atoms with Crippen molar-refractivity contribution in [2.45, 2.75) is 38.4 Å². The lowest BCUT2D eigenvalue weighted by Crippen LogP contribution is -2.36. The van der Waals surface area contributed by atoms with Crippen molar-refractivity contribution in [2.24, 2.45) is 0 Å². The van der Waals surface area contributed by atoms with Crippen LogP contribution in [-0.2, 0) is 6.54 Å². The monoisotopic (exact) mass is 238 g/mol. The molecule has 0 bridgehead atoms. The van der Waals surface area contributed by atoms with Crippen LogP contribution < -0.4 is 10.6 Å². The lowest BCUT2D eigenvalue weighted by Gasteiger charge is -2.14. The zero-order valence-electron chi connectivity index (χ0n) is 9.67. The van der Waals surface area contributed by atoms with Crippen molar-refractivity contribution >= 4 is 11.6 Å². The number of rotatable bonds is 6. The second kappa shape index (κ2) is 5.67. The molecule has 1 fully saturated rings. The molecule has 2 N–H and O–H groups in total. The molecule has 16 heavy (non-hydrogen) atoms. The van der Waals surface area contributed by atoms with E-state index in [4.69, 9.17) is 11.6 Å². The first-order valence-electron chi connectivity index (χ1n) is 5.95. The Labute approximate surface area is 102 Å². The first-order chi connectivity index (χ1) is 7.74. The molecule has 2 nitrogen and oxygen atoms in total. The van der Waals surface area contributed by atoms with Crippen molar-refractivity contribution in [1.29, 1.82) is 0 Å². The topological polar surface area (TPSA) is 24.1 Å². The van der Waals surface area contributed by atoms with Crippen LogP contribution in [0.5, 0.6) is 0 Å². The van der Waals surface area contributed by atoms with Crippen LogP contribution in [0.1, 0.15) is 25.3 Å². The van der Waals surface area contributed by atoms with Gasteiger partial charge in [-0.25, -0.2) is 0 Å². The van der Waals surface area contributed by atoms with Crippen LogP contribution >= 0.6 is 11.6 Å². The molecule has 1 aliphatic carbocycles. The van der Waals surface area contributed by atoms with Gasteiger partial charge in [0, 0.05) is 30.2 Å². The Morgan fingerprint density at radius 3 is 2.94 bits per heavy atom. The first kappa shape index (κ1) is 11.9. The highest BCUT2D eigenvalue weighted by Gasteiger charge is 2.20.